The standard InChI is InChI=1S/C27H27FN2O4S/c28-24-14-25(22(19-11-12-19)13-23(24)27(31)29-35(32)33)34-17-18-15-30(16-18)26(20-7-3-1-4-8-20)21-9-5-2-6-10-21/h1-10,13-14,18-19,26H,11-12,15-17H2,(H,29,31)(H,32,33). The number of halogens is 1. The van der Waals surface area contributed by atoms with Crippen molar-refractivity contribution >= 4 is 17.2 Å². The number of ether oxygens (including phenoxy) is 1. The van der Waals surface area contributed by atoms with Gasteiger partial charge in [-0.1, -0.05) is 60.7 Å². The molecule has 0 aromatic heterocycles. The van der Waals surface area contributed by atoms with E-state index in [-0.39, 0.29) is 17.5 Å². The predicted molar refractivity (Wildman–Crippen MR) is 132 cm³/mol. The van der Waals surface area contributed by atoms with Crippen molar-refractivity contribution in [3.63, 3.8) is 0 Å². The van der Waals surface area contributed by atoms with Gasteiger partial charge in [-0.05, 0) is 41.5 Å². The first kappa shape index (κ1) is 23.7. The van der Waals surface area contributed by atoms with Crippen LogP contribution in [0.15, 0.2) is 72.8 Å². The minimum absolute atomic E-state index is 0.169. The molecular weight excluding hydrogens is 467 g/mol. The SMILES string of the molecule is O=C(NS(=O)O)c1cc(C2CC2)c(OCC2CN(C(c3ccccc3)c3ccccc3)C2)cc1F. The van der Waals surface area contributed by atoms with E-state index < -0.39 is 23.0 Å². The molecule has 0 radical (unpaired) electrons. The Labute approximate surface area is 206 Å². The van der Waals surface area contributed by atoms with Gasteiger partial charge >= 0.3 is 0 Å². The monoisotopic (exact) mass is 494 g/mol. The summed E-state index contributed by atoms with van der Waals surface area (Å²) < 4.78 is 42.3. The molecule has 35 heavy (non-hydrogen) atoms. The maximum atomic E-state index is 14.6. The third-order valence-corrected chi connectivity index (χ3v) is 6.96. The maximum Gasteiger partial charge on any atom is 0.267 e. The molecule has 3 aromatic rings. The number of carbonyl (C=O) groups excluding carboxylic acids is 1. The molecule has 1 saturated heterocycles. The number of rotatable bonds is 9. The first-order chi connectivity index (χ1) is 17.0. The van der Waals surface area contributed by atoms with E-state index in [1.807, 2.05) is 16.9 Å². The van der Waals surface area contributed by atoms with Gasteiger partial charge < -0.3 is 4.74 Å². The maximum absolute atomic E-state index is 14.6. The first-order valence-electron chi connectivity index (χ1n) is 11.7. The number of carbonyl (C=O) groups is 1. The minimum Gasteiger partial charge on any atom is -0.493 e. The van der Waals surface area contributed by atoms with E-state index in [0.717, 1.165) is 31.5 Å². The Hall–Kier alpha value is -3.07. The minimum atomic E-state index is -2.55. The Balaban J connectivity index is 1.26. The molecule has 8 heteroatoms. The van der Waals surface area contributed by atoms with Gasteiger partial charge in [0.25, 0.3) is 17.2 Å². The molecule has 182 valence electrons. The Morgan fingerprint density at radius 3 is 2.20 bits per heavy atom. The summed E-state index contributed by atoms with van der Waals surface area (Å²) in [6, 6.07) is 23.7. The third-order valence-electron chi connectivity index (χ3n) is 6.60. The van der Waals surface area contributed by atoms with Gasteiger partial charge in [-0.2, -0.15) is 0 Å². The predicted octanol–water partition coefficient (Wildman–Crippen LogP) is 4.67. The van der Waals surface area contributed by atoms with Crippen LogP contribution in [0.1, 0.15) is 51.8 Å². The van der Waals surface area contributed by atoms with Crippen LogP contribution >= 0.6 is 0 Å². The number of likely N-dealkylation sites (tertiary alicyclic amines) is 1. The summed E-state index contributed by atoms with van der Waals surface area (Å²) in [6.07, 6.45) is 1.89. The fraction of sp³-hybridized carbons (Fsp3) is 0.296. The van der Waals surface area contributed by atoms with Crippen LogP contribution in [-0.4, -0.2) is 39.3 Å². The van der Waals surface area contributed by atoms with Crippen LogP contribution in [0.4, 0.5) is 4.39 Å². The number of benzene rings is 3. The summed E-state index contributed by atoms with van der Waals surface area (Å²) in [5, 5.41) is 0. The molecule has 1 aliphatic carbocycles. The Morgan fingerprint density at radius 2 is 1.66 bits per heavy atom. The number of amides is 1. The highest BCUT2D eigenvalue weighted by Crippen LogP contribution is 2.45. The van der Waals surface area contributed by atoms with Gasteiger partial charge in [0.2, 0.25) is 0 Å². The van der Waals surface area contributed by atoms with Gasteiger partial charge in [0.1, 0.15) is 11.6 Å². The average molecular weight is 495 g/mol. The third kappa shape index (κ3) is 5.45. The Bertz CT molecular complexity index is 1180. The van der Waals surface area contributed by atoms with Crippen molar-refractivity contribution in [2.75, 3.05) is 19.7 Å². The number of nitrogens with one attached hydrogen (secondary N) is 1. The van der Waals surface area contributed by atoms with Crippen molar-refractivity contribution in [3.05, 3.63) is 101 Å². The average Bonchev–Trinajstić information content (AvgIpc) is 3.66. The summed E-state index contributed by atoms with van der Waals surface area (Å²) in [6.45, 7) is 2.18. The molecular formula is C27H27FN2O4S. The van der Waals surface area contributed by atoms with Crippen LogP contribution in [0, 0.1) is 11.7 Å². The van der Waals surface area contributed by atoms with Gasteiger partial charge in [-0.3, -0.25) is 14.2 Å². The van der Waals surface area contributed by atoms with E-state index >= 15 is 0 Å². The topological polar surface area (TPSA) is 78.9 Å². The van der Waals surface area contributed by atoms with Crippen LogP contribution in [0.25, 0.3) is 0 Å². The van der Waals surface area contributed by atoms with E-state index in [0.29, 0.717) is 18.3 Å². The lowest BCUT2D eigenvalue weighted by Crippen LogP contribution is -2.51. The fourth-order valence-corrected chi connectivity index (χ4v) is 5.01. The van der Waals surface area contributed by atoms with Gasteiger partial charge in [-0.25, -0.2) is 13.3 Å². The molecule has 0 bridgehead atoms. The molecule has 3 aromatic carbocycles. The molecule has 1 saturated carbocycles. The van der Waals surface area contributed by atoms with Crippen molar-refractivity contribution in [1.82, 2.24) is 9.62 Å². The number of hydrogen-bond donors (Lipinski definition) is 2. The quantitative estimate of drug-likeness (QED) is 0.423. The summed E-state index contributed by atoms with van der Waals surface area (Å²) >= 11 is -2.55. The molecule has 1 unspecified atom stereocenters. The fourth-order valence-electron chi connectivity index (χ4n) is 4.74. The second kappa shape index (κ2) is 10.3. The highest BCUT2D eigenvalue weighted by atomic mass is 32.2. The van der Waals surface area contributed by atoms with E-state index in [1.165, 1.54) is 23.3 Å². The molecule has 2 aliphatic rings. The smallest absolute Gasteiger partial charge is 0.267 e. The second-order valence-electron chi connectivity index (χ2n) is 9.18. The zero-order valence-corrected chi connectivity index (χ0v) is 19.9. The zero-order valence-electron chi connectivity index (χ0n) is 19.1. The van der Waals surface area contributed by atoms with Crippen molar-refractivity contribution < 1.29 is 22.7 Å². The molecule has 1 heterocycles. The number of hydrogen-bond acceptors (Lipinski definition) is 4. The second-order valence-corrected chi connectivity index (χ2v) is 9.88. The summed E-state index contributed by atoms with van der Waals surface area (Å²) in [7, 11) is 0. The van der Waals surface area contributed by atoms with Gasteiger partial charge in [0.05, 0.1) is 18.2 Å². The molecule has 2 fully saturated rings. The van der Waals surface area contributed by atoms with Crippen LogP contribution in [0.5, 0.6) is 5.75 Å². The summed E-state index contributed by atoms with van der Waals surface area (Å²) in [5.41, 5.74) is 3.02. The highest BCUT2D eigenvalue weighted by molar-refractivity contribution is 7.77. The van der Waals surface area contributed by atoms with Crippen molar-refractivity contribution in [2.24, 2.45) is 5.92 Å². The van der Waals surface area contributed by atoms with Crippen LogP contribution in [0.3, 0.4) is 0 Å². The lowest BCUT2D eigenvalue weighted by Gasteiger charge is -2.44. The molecule has 2 N–H and O–H groups in total. The van der Waals surface area contributed by atoms with E-state index in [4.69, 9.17) is 9.29 Å². The molecule has 1 amide bonds. The molecule has 5 rings (SSSR count). The van der Waals surface area contributed by atoms with Crippen molar-refractivity contribution in [2.45, 2.75) is 24.8 Å². The normalized spacial score (nSPS) is 17.1. The first-order valence-corrected chi connectivity index (χ1v) is 12.8. The van der Waals surface area contributed by atoms with Crippen molar-refractivity contribution in [3.8, 4) is 5.75 Å². The Kier molecular flexibility index (Phi) is 6.95. The molecule has 0 spiro atoms. The van der Waals surface area contributed by atoms with Crippen molar-refractivity contribution in [1.29, 1.82) is 0 Å². The molecule has 6 nitrogen and oxygen atoms in total. The molecule has 1 aliphatic heterocycles. The zero-order chi connectivity index (χ0) is 24.4. The highest BCUT2D eigenvalue weighted by Gasteiger charge is 2.35. The summed E-state index contributed by atoms with van der Waals surface area (Å²) in [5.74, 6) is -0.710. The largest absolute Gasteiger partial charge is 0.493 e. The summed E-state index contributed by atoms with van der Waals surface area (Å²) in [4.78, 5) is 14.5. The number of nitrogens with zero attached hydrogens (tertiary/aromatic N) is 1. The Morgan fingerprint density at radius 1 is 1.06 bits per heavy atom. The van der Waals surface area contributed by atoms with Gasteiger partial charge in [0.15, 0.2) is 0 Å². The lowest BCUT2D eigenvalue weighted by atomic mass is 9.90. The van der Waals surface area contributed by atoms with Crippen LogP contribution in [-0.2, 0) is 11.3 Å². The van der Waals surface area contributed by atoms with Gasteiger partial charge in [0, 0.05) is 25.1 Å². The van der Waals surface area contributed by atoms with E-state index in [1.54, 1.807) is 0 Å². The van der Waals surface area contributed by atoms with E-state index in [9.17, 15) is 13.4 Å². The van der Waals surface area contributed by atoms with Crippen LogP contribution < -0.4 is 9.46 Å². The van der Waals surface area contributed by atoms with E-state index in [2.05, 4.69) is 53.4 Å². The van der Waals surface area contributed by atoms with Crippen LogP contribution in [0.2, 0.25) is 0 Å². The lowest BCUT2D eigenvalue weighted by molar-refractivity contribution is 0.0375. The van der Waals surface area contributed by atoms with Gasteiger partial charge in [-0.15, -0.1) is 0 Å². The molecule has 1 atom stereocenters.